The van der Waals surface area contributed by atoms with Gasteiger partial charge in [0.1, 0.15) is 5.82 Å². The van der Waals surface area contributed by atoms with Crippen LogP contribution in [0, 0.1) is 0 Å². The molecule has 2 aromatic carbocycles. The van der Waals surface area contributed by atoms with E-state index in [9.17, 15) is 9.59 Å². The Morgan fingerprint density at radius 2 is 1.81 bits per heavy atom. The molecule has 1 heterocycles. The first-order valence-electron chi connectivity index (χ1n) is 10.3. The van der Waals surface area contributed by atoms with Gasteiger partial charge >= 0.3 is 12.0 Å². The molecular formula is C23H22Cl2N4O3. The van der Waals surface area contributed by atoms with Crippen molar-refractivity contribution < 1.29 is 14.7 Å². The lowest BCUT2D eigenvalue weighted by Gasteiger charge is -2.12. The van der Waals surface area contributed by atoms with Gasteiger partial charge in [-0.1, -0.05) is 54.2 Å². The molecule has 1 aliphatic carbocycles. The zero-order valence-electron chi connectivity index (χ0n) is 17.1. The van der Waals surface area contributed by atoms with Crippen LogP contribution >= 0.6 is 23.2 Å². The Hall–Kier alpha value is -3.03. The number of nitrogens with zero attached hydrogens (tertiary/aromatic N) is 2. The molecule has 0 radical (unpaired) electrons. The van der Waals surface area contributed by atoms with Crippen molar-refractivity contribution in [3.63, 3.8) is 0 Å². The first-order chi connectivity index (χ1) is 15.4. The minimum atomic E-state index is -0.912. The van der Waals surface area contributed by atoms with Gasteiger partial charge in [-0.25, -0.2) is 9.48 Å². The van der Waals surface area contributed by atoms with Crippen molar-refractivity contribution in [2.75, 3.05) is 10.6 Å². The van der Waals surface area contributed by atoms with Crippen LogP contribution < -0.4 is 10.6 Å². The largest absolute Gasteiger partial charge is 0.481 e. The van der Waals surface area contributed by atoms with Gasteiger partial charge in [0.05, 0.1) is 33.5 Å². The molecule has 0 unspecified atom stereocenters. The van der Waals surface area contributed by atoms with Crippen LogP contribution in [0.3, 0.4) is 0 Å². The van der Waals surface area contributed by atoms with Gasteiger partial charge in [-0.05, 0) is 42.7 Å². The van der Waals surface area contributed by atoms with Gasteiger partial charge in [0.25, 0.3) is 0 Å². The molecule has 4 rings (SSSR count). The summed E-state index contributed by atoms with van der Waals surface area (Å²) in [5, 5.41) is 20.0. The predicted octanol–water partition coefficient (Wildman–Crippen LogP) is 6.11. The van der Waals surface area contributed by atoms with Crippen molar-refractivity contribution in [1.82, 2.24) is 9.78 Å². The van der Waals surface area contributed by atoms with E-state index < -0.39 is 12.0 Å². The SMILES string of the molecule is O=C(O)Cc1cccc(-n2nc(C3CCCC3)cc2NC(=O)Nc2cccc(Cl)c2Cl)c1. The number of hydrogen-bond acceptors (Lipinski definition) is 3. The van der Waals surface area contributed by atoms with Gasteiger partial charge in [-0.15, -0.1) is 0 Å². The second kappa shape index (κ2) is 9.63. The molecular weight excluding hydrogens is 451 g/mol. The Bertz CT molecular complexity index is 1160. The summed E-state index contributed by atoms with van der Waals surface area (Å²) in [6.07, 6.45) is 4.32. The van der Waals surface area contributed by atoms with E-state index in [0.717, 1.165) is 31.4 Å². The van der Waals surface area contributed by atoms with Crippen LogP contribution in [0.1, 0.15) is 42.9 Å². The number of anilines is 2. The Morgan fingerprint density at radius 1 is 1.06 bits per heavy atom. The molecule has 3 aromatic rings. The third-order valence-corrected chi connectivity index (χ3v) is 6.27. The number of benzene rings is 2. The lowest BCUT2D eigenvalue weighted by Crippen LogP contribution is -2.21. The fraction of sp³-hybridized carbons (Fsp3) is 0.261. The second-order valence-corrected chi connectivity index (χ2v) is 8.55. The quantitative estimate of drug-likeness (QED) is 0.403. The van der Waals surface area contributed by atoms with Crippen molar-refractivity contribution in [1.29, 1.82) is 0 Å². The highest BCUT2D eigenvalue weighted by Gasteiger charge is 2.23. The van der Waals surface area contributed by atoms with E-state index >= 15 is 0 Å². The zero-order chi connectivity index (χ0) is 22.7. The molecule has 1 aromatic heterocycles. The van der Waals surface area contributed by atoms with Crippen molar-refractivity contribution in [2.45, 2.75) is 38.0 Å². The molecule has 9 heteroatoms. The molecule has 7 nitrogen and oxygen atoms in total. The number of aromatic nitrogens is 2. The van der Waals surface area contributed by atoms with Crippen LogP contribution in [-0.2, 0) is 11.2 Å². The molecule has 32 heavy (non-hydrogen) atoms. The summed E-state index contributed by atoms with van der Waals surface area (Å²) < 4.78 is 1.64. The van der Waals surface area contributed by atoms with Crippen molar-refractivity contribution in [2.24, 2.45) is 0 Å². The molecule has 1 aliphatic rings. The molecule has 0 saturated heterocycles. The van der Waals surface area contributed by atoms with Crippen LogP contribution in [0.2, 0.25) is 10.0 Å². The number of hydrogen-bond donors (Lipinski definition) is 3. The molecule has 0 spiro atoms. The summed E-state index contributed by atoms with van der Waals surface area (Å²) in [4.78, 5) is 23.9. The standard InChI is InChI=1S/C23H22Cl2N4O3/c24-17-9-4-10-18(22(17)25)26-23(32)27-20-13-19(15-6-1-2-7-15)28-29(20)16-8-3-5-14(11-16)12-21(30)31/h3-5,8-11,13,15H,1-2,6-7,12H2,(H,30,31)(H2,26,27,32). The van der Waals surface area contributed by atoms with Gasteiger partial charge in [-0.2, -0.15) is 5.10 Å². The van der Waals surface area contributed by atoms with E-state index in [1.807, 2.05) is 12.1 Å². The van der Waals surface area contributed by atoms with Gasteiger partial charge in [0.2, 0.25) is 0 Å². The van der Waals surface area contributed by atoms with Crippen LogP contribution in [0.15, 0.2) is 48.5 Å². The maximum atomic E-state index is 12.7. The van der Waals surface area contributed by atoms with Crippen LogP contribution in [0.4, 0.5) is 16.3 Å². The number of carboxylic acid groups (broad SMARTS) is 1. The van der Waals surface area contributed by atoms with E-state index in [-0.39, 0.29) is 11.4 Å². The van der Waals surface area contributed by atoms with Gasteiger partial charge in [0.15, 0.2) is 0 Å². The number of carbonyl (C=O) groups is 2. The van der Waals surface area contributed by atoms with Gasteiger partial charge in [0, 0.05) is 12.0 Å². The Morgan fingerprint density at radius 3 is 2.56 bits per heavy atom. The maximum absolute atomic E-state index is 12.7. The minimum Gasteiger partial charge on any atom is -0.481 e. The van der Waals surface area contributed by atoms with Gasteiger partial charge < -0.3 is 10.4 Å². The number of carbonyl (C=O) groups excluding carboxylic acids is 1. The summed E-state index contributed by atoms with van der Waals surface area (Å²) in [6, 6.07) is 13.5. The fourth-order valence-electron chi connectivity index (χ4n) is 3.95. The summed E-state index contributed by atoms with van der Waals surface area (Å²) in [7, 11) is 0. The second-order valence-electron chi connectivity index (χ2n) is 7.77. The smallest absolute Gasteiger partial charge is 0.324 e. The summed E-state index contributed by atoms with van der Waals surface area (Å²) in [5.41, 5.74) is 2.61. The van der Waals surface area contributed by atoms with Crippen molar-refractivity contribution in [3.05, 3.63) is 69.8 Å². The van der Waals surface area contributed by atoms with E-state index in [1.54, 1.807) is 41.1 Å². The molecule has 166 valence electrons. The third kappa shape index (κ3) is 5.06. The third-order valence-electron chi connectivity index (χ3n) is 5.45. The van der Waals surface area contributed by atoms with Gasteiger partial charge in [-0.3, -0.25) is 10.1 Å². The van der Waals surface area contributed by atoms with Crippen LogP contribution in [0.5, 0.6) is 0 Å². The van der Waals surface area contributed by atoms with E-state index in [4.69, 9.17) is 33.4 Å². The normalized spacial score (nSPS) is 13.8. The minimum absolute atomic E-state index is 0.0961. The number of aliphatic carboxylic acids is 1. The monoisotopic (exact) mass is 472 g/mol. The summed E-state index contributed by atoms with van der Waals surface area (Å²) in [5.74, 6) is -0.0927. The Labute approximate surface area is 195 Å². The molecule has 0 bridgehead atoms. The average Bonchev–Trinajstić information content (AvgIpc) is 3.41. The van der Waals surface area contributed by atoms with Crippen LogP contribution in [-0.4, -0.2) is 26.9 Å². The molecule has 0 aliphatic heterocycles. The highest BCUT2D eigenvalue weighted by molar-refractivity contribution is 6.44. The molecule has 3 N–H and O–H groups in total. The first-order valence-corrected chi connectivity index (χ1v) is 11.1. The zero-order valence-corrected chi connectivity index (χ0v) is 18.7. The lowest BCUT2D eigenvalue weighted by atomic mass is 10.0. The number of carboxylic acids is 1. The molecule has 2 amide bonds. The van der Waals surface area contributed by atoms with Crippen LogP contribution in [0.25, 0.3) is 5.69 Å². The first kappa shape index (κ1) is 22.2. The van der Waals surface area contributed by atoms with Crippen molar-refractivity contribution >= 4 is 46.7 Å². The predicted molar refractivity (Wildman–Crippen MR) is 125 cm³/mol. The fourth-order valence-corrected chi connectivity index (χ4v) is 4.30. The molecule has 1 saturated carbocycles. The van der Waals surface area contributed by atoms with E-state index in [1.165, 1.54) is 0 Å². The average molecular weight is 473 g/mol. The highest BCUT2D eigenvalue weighted by atomic mass is 35.5. The molecule has 1 fully saturated rings. The molecule has 0 atom stereocenters. The lowest BCUT2D eigenvalue weighted by molar-refractivity contribution is -0.136. The van der Waals surface area contributed by atoms with E-state index in [2.05, 4.69) is 10.6 Å². The number of halogens is 2. The van der Waals surface area contributed by atoms with E-state index in [0.29, 0.717) is 33.7 Å². The number of rotatable bonds is 6. The Balaban J connectivity index is 1.63. The number of amides is 2. The topological polar surface area (TPSA) is 96.2 Å². The summed E-state index contributed by atoms with van der Waals surface area (Å²) in [6.45, 7) is 0. The summed E-state index contributed by atoms with van der Waals surface area (Å²) >= 11 is 12.2. The highest BCUT2D eigenvalue weighted by Crippen LogP contribution is 2.35. The maximum Gasteiger partial charge on any atom is 0.324 e. The Kier molecular flexibility index (Phi) is 6.67. The number of urea groups is 1. The van der Waals surface area contributed by atoms with Crippen molar-refractivity contribution in [3.8, 4) is 5.69 Å². The number of nitrogens with one attached hydrogen (secondary N) is 2.